The molecule has 0 aliphatic carbocycles. The summed E-state index contributed by atoms with van der Waals surface area (Å²) in [5, 5.41) is 2.88. The average Bonchev–Trinajstić information content (AvgIpc) is 2.98. The van der Waals surface area contributed by atoms with Gasteiger partial charge in [0.1, 0.15) is 0 Å². The number of carbonyl (C=O) groups excluding carboxylic acids is 1. The van der Waals surface area contributed by atoms with Crippen molar-refractivity contribution in [2.75, 3.05) is 56.7 Å². The average molecular weight is 381 g/mol. The Morgan fingerprint density at radius 3 is 2.58 bits per heavy atom. The minimum absolute atomic E-state index is 0.0679. The van der Waals surface area contributed by atoms with Crippen molar-refractivity contribution in [3.63, 3.8) is 0 Å². The Kier molecular flexibility index (Phi) is 6.29. The fraction of sp³-hybridized carbons (Fsp3) is 0.611. The van der Waals surface area contributed by atoms with E-state index < -0.39 is 9.84 Å². The van der Waals surface area contributed by atoms with Crippen molar-refractivity contribution in [2.24, 2.45) is 0 Å². The predicted molar refractivity (Wildman–Crippen MR) is 101 cm³/mol. The molecular weight excluding hydrogens is 354 g/mol. The minimum atomic E-state index is -2.94. The standard InChI is InChI=1S/C18H27N3O4S/c1-20(17-6-11-26(23,24)14-17)13-18(22)19-16-4-2-15(3-5-16)12-21-7-9-25-10-8-21/h2-5,17H,6-14H2,1H3,(H,19,22). The van der Waals surface area contributed by atoms with E-state index in [1.807, 2.05) is 29.2 Å². The Morgan fingerprint density at radius 2 is 1.96 bits per heavy atom. The van der Waals surface area contributed by atoms with Gasteiger partial charge in [-0.1, -0.05) is 12.1 Å². The molecule has 1 N–H and O–H groups in total. The zero-order valence-corrected chi connectivity index (χ0v) is 16.0. The number of likely N-dealkylation sites (N-methyl/N-ethyl adjacent to an activating group) is 1. The molecule has 2 aliphatic heterocycles. The Hall–Kier alpha value is -1.48. The van der Waals surface area contributed by atoms with E-state index >= 15 is 0 Å². The van der Waals surface area contributed by atoms with Crippen molar-refractivity contribution in [2.45, 2.75) is 19.0 Å². The molecule has 0 aromatic heterocycles. The van der Waals surface area contributed by atoms with E-state index in [2.05, 4.69) is 10.2 Å². The third-order valence-corrected chi connectivity index (χ3v) is 6.72. The summed E-state index contributed by atoms with van der Waals surface area (Å²) in [6.07, 6.45) is 0.600. The summed E-state index contributed by atoms with van der Waals surface area (Å²) in [6, 6.07) is 7.81. The van der Waals surface area contributed by atoms with Crippen LogP contribution >= 0.6 is 0 Å². The molecular formula is C18H27N3O4S. The molecule has 2 aliphatic rings. The monoisotopic (exact) mass is 381 g/mol. The number of sulfone groups is 1. The fourth-order valence-corrected chi connectivity index (χ4v) is 5.20. The molecule has 1 unspecified atom stereocenters. The van der Waals surface area contributed by atoms with Gasteiger partial charge in [-0.15, -0.1) is 0 Å². The van der Waals surface area contributed by atoms with Gasteiger partial charge < -0.3 is 10.1 Å². The molecule has 0 saturated carbocycles. The highest BCUT2D eigenvalue weighted by molar-refractivity contribution is 7.91. The SMILES string of the molecule is CN(CC(=O)Nc1ccc(CN2CCOCC2)cc1)C1CCS(=O)(=O)C1. The molecule has 0 radical (unpaired) electrons. The number of hydrogen-bond acceptors (Lipinski definition) is 6. The van der Waals surface area contributed by atoms with Gasteiger partial charge in [-0.25, -0.2) is 8.42 Å². The van der Waals surface area contributed by atoms with Gasteiger partial charge in [0.25, 0.3) is 0 Å². The van der Waals surface area contributed by atoms with E-state index in [9.17, 15) is 13.2 Å². The summed E-state index contributed by atoms with van der Waals surface area (Å²) in [5.74, 6) is 0.235. The zero-order valence-electron chi connectivity index (χ0n) is 15.2. The lowest BCUT2D eigenvalue weighted by atomic mass is 10.2. The van der Waals surface area contributed by atoms with Crippen LogP contribution in [0.2, 0.25) is 0 Å². The maximum Gasteiger partial charge on any atom is 0.238 e. The molecule has 1 aromatic carbocycles. The van der Waals surface area contributed by atoms with E-state index in [4.69, 9.17) is 4.74 Å². The molecule has 2 fully saturated rings. The molecule has 0 spiro atoms. The number of amides is 1. The highest BCUT2D eigenvalue weighted by atomic mass is 32.2. The highest BCUT2D eigenvalue weighted by Gasteiger charge is 2.31. The van der Waals surface area contributed by atoms with E-state index in [1.165, 1.54) is 5.56 Å². The van der Waals surface area contributed by atoms with Crippen LogP contribution in [0.3, 0.4) is 0 Å². The second-order valence-electron chi connectivity index (χ2n) is 7.11. The summed E-state index contributed by atoms with van der Waals surface area (Å²) in [7, 11) is -1.14. The number of hydrogen-bond donors (Lipinski definition) is 1. The molecule has 2 heterocycles. The third-order valence-electron chi connectivity index (χ3n) is 4.97. The van der Waals surface area contributed by atoms with Crippen LogP contribution in [0.5, 0.6) is 0 Å². The van der Waals surface area contributed by atoms with Crippen LogP contribution in [0.1, 0.15) is 12.0 Å². The topological polar surface area (TPSA) is 79.0 Å². The molecule has 1 atom stereocenters. The van der Waals surface area contributed by atoms with Gasteiger partial charge in [-0.3, -0.25) is 14.6 Å². The number of morpholine rings is 1. The molecule has 26 heavy (non-hydrogen) atoms. The Balaban J connectivity index is 1.46. The zero-order chi connectivity index (χ0) is 18.6. The van der Waals surface area contributed by atoms with Gasteiger partial charge in [0, 0.05) is 31.4 Å². The van der Waals surface area contributed by atoms with Crippen molar-refractivity contribution in [3.05, 3.63) is 29.8 Å². The number of nitrogens with one attached hydrogen (secondary N) is 1. The Bertz CT molecular complexity index is 714. The summed E-state index contributed by atoms with van der Waals surface area (Å²) in [6.45, 7) is 4.53. The van der Waals surface area contributed by atoms with Crippen molar-refractivity contribution >= 4 is 21.4 Å². The largest absolute Gasteiger partial charge is 0.379 e. The van der Waals surface area contributed by atoms with E-state index in [-0.39, 0.29) is 30.0 Å². The third kappa shape index (κ3) is 5.51. The van der Waals surface area contributed by atoms with Crippen molar-refractivity contribution in [3.8, 4) is 0 Å². The summed E-state index contributed by atoms with van der Waals surface area (Å²) in [5.41, 5.74) is 1.96. The molecule has 0 bridgehead atoms. The van der Waals surface area contributed by atoms with Gasteiger partial charge >= 0.3 is 0 Å². The van der Waals surface area contributed by atoms with Crippen LogP contribution in [0.15, 0.2) is 24.3 Å². The first-order chi connectivity index (χ1) is 12.4. The number of rotatable bonds is 6. The van der Waals surface area contributed by atoms with Crippen molar-refractivity contribution < 1.29 is 17.9 Å². The van der Waals surface area contributed by atoms with Crippen LogP contribution in [0.25, 0.3) is 0 Å². The Labute approximate surface area is 155 Å². The maximum absolute atomic E-state index is 12.2. The predicted octanol–water partition coefficient (Wildman–Crippen LogP) is 0.576. The van der Waals surface area contributed by atoms with Crippen LogP contribution < -0.4 is 5.32 Å². The summed E-state index contributed by atoms with van der Waals surface area (Å²) < 4.78 is 28.5. The van der Waals surface area contributed by atoms with Gasteiger partial charge in [0.2, 0.25) is 5.91 Å². The van der Waals surface area contributed by atoms with E-state index in [0.717, 1.165) is 38.5 Å². The normalized spacial score (nSPS) is 23.2. The second kappa shape index (κ2) is 8.47. The highest BCUT2D eigenvalue weighted by Crippen LogP contribution is 2.17. The van der Waals surface area contributed by atoms with Gasteiger partial charge in [-0.2, -0.15) is 0 Å². The van der Waals surface area contributed by atoms with Crippen molar-refractivity contribution in [1.82, 2.24) is 9.80 Å². The quantitative estimate of drug-likeness (QED) is 0.776. The van der Waals surface area contributed by atoms with Crippen molar-refractivity contribution in [1.29, 1.82) is 0 Å². The molecule has 1 amide bonds. The summed E-state index contributed by atoms with van der Waals surface area (Å²) >= 11 is 0. The first-order valence-corrected chi connectivity index (χ1v) is 10.8. The van der Waals surface area contributed by atoms with Crippen LogP contribution in [-0.2, 0) is 25.9 Å². The van der Waals surface area contributed by atoms with Crippen LogP contribution in [0, 0.1) is 0 Å². The molecule has 7 nitrogen and oxygen atoms in total. The molecule has 1 aromatic rings. The number of carbonyl (C=O) groups is 1. The molecule has 8 heteroatoms. The number of anilines is 1. The lowest BCUT2D eigenvalue weighted by molar-refractivity contribution is -0.117. The Morgan fingerprint density at radius 1 is 1.27 bits per heavy atom. The smallest absolute Gasteiger partial charge is 0.238 e. The first kappa shape index (κ1) is 19.3. The van der Waals surface area contributed by atoms with E-state index in [1.54, 1.807) is 7.05 Å². The minimum Gasteiger partial charge on any atom is -0.379 e. The van der Waals surface area contributed by atoms with Gasteiger partial charge in [0.15, 0.2) is 9.84 Å². The van der Waals surface area contributed by atoms with E-state index in [0.29, 0.717) is 6.42 Å². The van der Waals surface area contributed by atoms with Crippen LogP contribution in [0.4, 0.5) is 5.69 Å². The molecule has 2 saturated heterocycles. The maximum atomic E-state index is 12.2. The number of nitrogens with zero attached hydrogens (tertiary/aromatic N) is 2. The fourth-order valence-electron chi connectivity index (χ4n) is 3.39. The summed E-state index contributed by atoms with van der Waals surface area (Å²) in [4.78, 5) is 16.4. The van der Waals surface area contributed by atoms with Gasteiger partial charge in [0.05, 0.1) is 31.3 Å². The van der Waals surface area contributed by atoms with Crippen LogP contribution in [-0.4, -0.2) is 81.6 Å². The first-order valence-electron chi connectivity index (χ1n) is 9.01. The molecule has 144 valence electrons. The lowest BCUT2D eigenvalue weighted by Crippen LogP contribution is -2.38. The molecule has 3 rings (SSSR count). The van der Waals surface area contributed by atoms with Gasteiger partial charge in [-0.05, 0) is 31.2 Å². The lowest BCUT2D eigenvalue weighted by Gasteiger charge is -2.26. The number of ether oxygens (including phenoxy) is 1. The second-order valence-corrected chi connectivity index (χ2v) is 9.33. The number of benzene rings is 1.